The van der Waals surface area contributed by atoms with E-state index in [1.165, 1.54) is 0 Å². The van der Waals surface area contributed by atoms with Crippen molar-refractivity contribution in [1.29, 1.82) is 0 Å². The van der Waals surface area contributed by atoms with Crippen LogP contribution in [0.4, 0.5) is 5.95 Å². The van der Waals surface area contributed by atoms with Crippen LogP contribution in [0.15, 0.2) is 72.1 Å². The molecule has 166 valence electrons. The van der Waals surface area contributed by atoms with Crippen molar-refractivity contribution in [1.82, 2.24) is 19.6 Å². The van der Waals surface area contributed by atoms with E-state index in [0.29, 0.717) is 47.1 Å². The first-order valence-corrected chi connectivity index (χ1v) is 11.1. The summed E-state index contributed by atoms with van der Waals surface area (Å²) >= 11 is 1.59. The van der Waals surface area contributed by atoms with Crippen LogP contribution in [0.1, 0.15) is 5.56 Å². The number of aromatic nitrogens is 4. The lowest BCUT2D eigenvalue weighted by Crippen LogP contribution is -2.08. The molecule has 0 radical (unpaired) electrons. The Morgan fingerprint density at radius 1 is 0.909 bits per heavy atom. The predicted octanol–water partition coefficient (Wildman–Crippen LogP) is 5.27. The lowest BCUT2D eigenvalue weighted by molar-refractivity contribution is 0.354. The molecule has 0 amide bonds. The molecule has 2 aromatic carbocycles. The van der Waals surface area contributed by atoms with Gasteiger partial charge in [0.05, 0.1) is 19.1 Å². The molecular weight excluding hydrogens is 438 g/mol. The highest BCUT2D eigenvalue weighted by Crippen LogP contribution is 2.29. The Morgan fingerprint density at radius 2 is 1.76 bits per heavy atom. The van der Waals surface area contributed by atoms with Gasteiger partial charge in [-0.3, -0.25) is 0 Å². The molecule has 3 heterocycles. The number of thiophene rings is 1. The van der Waals surface area contributed by atoms with Crippen LogP contribution >= 0.6 is 11.3 Å². The minimum absolute atomic E-state index is 0.425. The summed E-state index contributed by atoms with van der Waals surface area (Å²) in [6, 6.07) is 21.0. The van der Waals surface area contributed by atoms with Gasteiger partial charge in [0.15, 0.2) is 23.0 Å². The second kappa shape index (κ2) is 9.17. The summed E-state index contributed by atoms with van der Waals surface area (Å²) in [4.78, 5) is 10.3. The fourth-order valence-electron chi connectivity index (χ4n) is 3.33. The molecule has 0 aliphatic rings. The highest BCUT2D eigenvalue weighted by molar-refractivity contribution is 7.13. The molecule has 9 heteroatoms. The summed E-state index contributed by atoms with van der Waals surface area (Å²) in [5.41, 5.74) is 1.63. The minimum Gasteiger partial charge on any atom is -0.493 e. The van der Waals surface area contributed by atoms with Crippen LogP contribution in [0.3, 0.4) is 0 Å². The van der Waals surface area contributed by atoms with Crippen LogP contribution in [0.5, 0.6) is 23.1 Å². The number of fused-ring (bicyclic) bond motifs is 1. The summed E-state index contributed by atoms with van der Waals surface area (Å²) in [6.07, 6.45) is 0. The normalized spacial score (nSPS) is 10.8. The van der Waals surface area contributed by atoms with E-state index in [-0.39, 0.29) is 0 Å². The quantitative estimate of drug-likeness (QED) is 0.338. The second-order valence-electron chi connectivity index (χ2n) is 7.06. The molecule has 0 saturated carbocycles. The van der Waals surface area contributed by atoms with Gasteiger partial charge in [-0.15, -0.1) is 16.4 Å². The number of rotatable bonds is 8. The van der Waals surface area contributed by atoms with Gasteiger partial charge < -0.3 is 19.5 Å². The van der Waals surface area contributed by atoms with Crippen molar-refractivity contribution in [3.05, 3.63) is 77.7 Å². The van der Waals surface area contributed by atoms with E-state index in [4.69, 9.17) is 14.2 Å². The van der Waals surface area contributed by atoms with Crippen LogP contribution in [0.25, 0.3) is 16.3 Å². The van der Waals surface area contributed by atoms with Gasteiger partial charge in [0.2, 0.25) is 11.8 Å². The highest BCUT2D eigenvalue weighted by atomic mass is 32.1. The largest absolute Gasteiger partial charge is 0.493 e. The third-order valence-electron chi connectivity index (χ3n) is 4.91. The Bertz CT molecular complexity index is 1370. The Labute approximate surface area is 194 Å². The number of hydrogen-bond donors (Lipinski definition) is 1. The van der Waals surface area contributed by atoms with Crippen molar-refractivity contribution < 1.29 is 14.2 Å². The summed E-state index contributed by atoms with van der Waals surface area (Å²) in [5.74, 6) is 3.61. The maximum absolute atomic E-state index is 5.98. The van der Waals surface area contributed by atoms with E-state index in [1.807, 2.05) is 66.0 Å². The van der Waals surface area contributed by atoms with E-state index in [9.17, 15) is 0 Å². The van der Waals surface area contributed by atoms with Crippen molar-refractivity contribution in [2.45, 2.75) is 6.54 Å². The summed E-state index contributed by atoms with van der Waals surface area (Å²) in [6.45, 7) is 0.492. The maximum Gasteiger partial charge on any atom is 0.229 e. The number of nitrogens with one attached hydrogen (secondary N) is 1. The molecule has 0 fully saturated rings. The Morgan fingerprint density at radius 3 is 2.52 bits per heavy atom. The molecule has 5 aromatic rings. The molecule has 0 spiro atoms. The van der Waals surface area contributed by atoms with E-state index in [0.717, 1.165) is 10.4 Å². The smallest absolute Gasteiger partial charge is 0.229 e. The zero-order valence-electron chi connectivity index (χ0n) is 18.1. The molecule has 0 saturated heterocycles. The van der Waals surface area contributed by atoms with E-state index in [1.54, 1.807) is 36.1 Å². The second-order valence-corrected chi connectivity index (χ2v) is 8.01. The Hall–Kier alpha value is -4.11. The Balaban J connectivity index is 1.49. The Kier molecular flexibility index (Phi) is 5.77. The average molecular weight is 460 g/mol. The van der Waals surface area contributed by atoms with E-state index < -0.39 is 0 Å². The average Bonchev–Trinajstić information content (AvgIpc) is 3.53. The number of ether oxygens (including phenoxy) is 3. The third-order valence-corrected chi connectivity index (χ3v) is 5.77. The first-order valence-electron chi connectivity index (χ1n) is 10.2. The van der Waals surface area contributed by atoms with Crippen molar-refractivity contribution in [2.24, 2.45) is 0 Å². The summed E-state index contributed by atoms with van der Waals surface area (Å²) < 4.78 is 18.4. The van der Waals surface area contributed by atoms with Crippen molar-refractivity contribution in [3.63, 3.8) is 0 Å². The molecule has 3 aromatic heterocycles. The first kappa shape index (κ1) is 20.8. The van der Waals surface area contributed by atoms with Crippen molar-refractivity contribution in [3.8, 4) is 33.8 Å². The SMILES string of the molecule is COc1ccc(CNc2nc(Oc3ccccc3)cc3nc(-c4cccs4)nn23)cc1OC. The van der Waals surface area contributed by atoms with Crippen molar-refractivity contribution >= 4 is 22.9 Å². The highest BCUT2D eigenvalue weighted by Gasteiger charge is 2.15. The van der Waals surface area contributed by atoms with E-state index >= 15 is 0 Å². The van der Waals surface area contributed by atoms with Gasteiger partial charge in [0, 0.05) is 12.6 Å². The molecule has 1 N–H and O–H groups in total. The number of benzene rings is 2. The monoisotopic (exact) mass is 459 g/mol. The minimum atomic E-state index is 0.425. The van der Waals surface area contributed by atoms with Gasteiger partial charge in [-0.2, -0.15) is 9.50 Å². The lowest BCUT2D eigenvalue weighted by atomic mass is 10.2. The van der Waals surface area contributed by atoms with Crippen LogP contribution in [-0.4, -0.2) is 33.8 Å². The van der Waals surface area contributed by atoms with Crippen LogP contribution < -0.4 is 19.5 Å². The summed E-state index contributed by atoms with van der Waals surface area (Å²) in [5, 5.41) is 10.0. The zero-order valence-corrected chi connectivity index (χ0v) is 18.9. The van der Waals surface area contributed by atoms with Crippen LogP contribution in [-0.2, 0) is 6.54 Å². The number of hydrogen-bond acceptors (Lipinski definition) is 8. The molecule has 0 unspecified atom stereocenters. The van der Waals surface area contributed by atoms with Gasteiger partial charge >= 0.3 is 0 Å². The van der Waals surface area contributed by atoms with Crippen molar-refractivity contribution in [2.75, 3.05) is 19.5 Å². The molecule has 0 aliphatic heterocycles. The topological polar surface area (TPSA) is 82.8 Å². The van der Waals surface area contributed by atoms with Gasteiger partial charge in [-0.1, -0.05) is 30.3 Å². The predicted molar refractivity (Wildman–Crippen MR) is 127 cm³/mol. The third kappa shape index (κ3) is 4.44. The number of para-hydroxylation sites is 1. The van der Waals surface area contributed by atoms with Gasteiger partial charge in [-0.05, 0) is 41.3 Å². The summed E-state index contributed by atoms with van der Waals surface area (Å²) in [7, 11) is 3.23. The zero-order chi connectivity index (χ0) is 22.6. The molecule has 0 aliphatic carbocycles. The van der Waals surface area contributed by atoms with Gasteiger partial charge in [-0.25, -0.2) is 4.98 Å². The fraction of sp³-hybridized carbons (Fsp3) is 0.125. The fourth-order valence-corrected chi connectivity index (χ4v) is 3.98. The molecule has 0 bridgehead atoms. The van der Waals surface area contributed by atoms with Gasteiger partial charge in [0.1, 0.15) is 5.75 Å². The lowest BCUT2D eigenvalue weighted by Gasteiger charge is -2.12. The standard InChI is InChI=1S/C24H21N5O3S/c1-30-18-11-10-16(13-19(18)31-2)15-25-24-27-22(32-17-7-4-3-5-8-17)14-21-26-23(28-29(21)24)20-9-6-12-33-20/h3-14H,15H2,1-2H3,(H,25,27). The van der Waals surface area contributed by atoms with Crippen LogP contribution in [0.2, 0.25) is 0 Å². The maximum atomic E-state index is 5.98. The van der Waals surface area contributed by atoms with Crippen LogP contribution in [0, 0.1) is 0 Å². The molecule has 0 atom stereocenters. The first-order chi connectivity index (χ1) is 16.2. The molecule has 8 nitrogen and oxygen atoms in total. The number of methoxy groups -OCH3 is 2. The number of nitrogens with zero attached hydrogens (tertiary/aromatic N) is 4. The van der Waals surface area contributed by atoms with E-state index in [2.05, 4.69) is 20.4 Å². The molecule has 33 heavy (non-hydrogen) atoms. The molecule has 5 rings (SSSR count). The number of anilines is 1. The van der Waals surface area contributed by atoms with Gasteiger partial charge in [0.25, 0.3) is 0 Å². The molecular formula is C24H21N5O3S.